The standard InChI is InChI=1S/C16H17N2O/c1-13-4-2-3-5-15(13)6-7-16(19)18-12-14-8-10-17-11-9-14/h2-6,8-11H,7,12H2,1H3,(H,18,19). The van der Waals surface area contributed by atoms with E-state index in [1.54, 1.807) is 12.4 Å². The maximum absolute atomic E-state index is 11.7. The molecule has 3 nitrogen and oxygen atoms in total. The van der Waals surface area contributed by atoms with Crippen molar-refractivity contribution in [3.8, 4) is 0 Å². The van der Waals surface area contributed by atoms with Crippen molar-refractivity contribution in [3.63, 3.8) is 0 Å². The van der Waals surface area contributed by atoms with E-state index in [1.807, 2.05) is 49.7 Å². The molecule has 0 unspecified atom stereocenters. The molecule has 1 amide bonds. The molecule has 1 aromatic carbocycles. The molecule has 1 N–H and O–H groups in total. The van der Waals surface area contributed by atoms with E-state index in [0.717, 1.165) is 11.1 Å². The number of benzene rings is 1. The Labute approximate surface area is 113 Å². The molecular weight excluding hydrogens is 236 g/mol. The quantitative estimate of drug-likeness (QED) is 0.890. The van der Waals surface area contributed by atoms with E-state index in [2.05, 4.69) is 10.3 Å². The Bertz CT molecular complexity index is 537. The van der Waals surface area contributed by atoms with Crippen molar-refractivity contribution in [2.75, 3.05) is 0 Å². The van der Waals surface area contributed by atoms with Crippen molar-refractivity contribution < 1.29 is 4.79 Å². The first-order valence-electron chi connectivity index (χ1n) is 6.30. The van der Waals surface area contributed by atoms with Crippen LogP contribution in [0.2, 0.25) is 0 Å². The summed E-state index contributed by atoms with van der Waals surface area (Å²) in [6, 6.07) is 11.8. The normalized spacial score (nSPS) is 10.2. The first kappa shape index (κ1) is 13.3. The van der Waals surface area contributed by atoms with Crippen LogP contribution in [0.4, 0.5) is 0 Å². The van der Waals surface area contributed by atoms with Gasteiger partial charge in [-0.05, 0) is 35.7 Å². The van der Waals surface area contributed by atoms with Crippen molar-refractivity contribution in [1.82, 2.24) is 10.3 Å². The highest BCUT2D eigenvalue weighted by Gasteiger charge is 2.04. The summed E-state index contributed by atoms with van der Waals surface area (Å²) >= 11 is 0. The minimum absolute atomic E-state index is 0.0278. The lowest BCUT2D eigenvalue weighted by Crippen LogP contribution is -2.22. The Balaban J connectivity index is 1.78. The number of amides is 1. The third-order valence-corrected chi connectivity index (χ3v) is 2.93. The van der Waals surface area contributed by atoms with Gasteiger partial charge in [-0.15, -0.1) is 0 Å². The van der Waals surface area contributed by atoms with Crippen LogP contribution >= 0.6 is 0 Å². The summed E-state index contributed by atoms with van der Waals surface area (Å²) in [7, 11) is 0. The molecule has 1 aromatic heterocycles. The number of carbonyl (C=O) groups is 1. The number of carbonyl (C=O) groups excluding carboxylic acids is 1. The number of aromatic nitrogens is 1. The van der Waals surface area contributed by atoms with Crippen LogP contribution in [0, 0.1) is 13.3 Å². The molecule has 0 atom stereocenters. The first-order chi connectivity index (χ1) is 9.25. The highest BCUT2D eigenvalue weighted by molar-refractivity contribution is 5.77. The molecule has 2 aromatic rings. The van der Waals surface area contributed by atoms with Gasteiger partial charge in [0.25, 0.3) is 0 Å². The predicted octanol–water partition coefficient (Wildman–Crippen LogP) is 2.65. The van der Waals surface area contributed by atoms with Gasteiger partial charge < -0.3 is 5.32 Å². The zero-order valence-electron chi connectivity index (χ0n) is 11.0. The number of aryl methyl sites for hydroxylation is 1. The lowest BCUT2D eigenvalue weighted by atomic mass is 10.0. The Morgan fingerprint density at radius 1 is 1.21 bits per heavy atom. The van der Waals surface area contributed by atoms with E-state index in [1.165, 1.54) is 5.56 Å². The molecule has 0 fully saturated rings. The minimum atomic E-state index is 0.0278. The molecule has 2 rings (SSSR count). The van der Waals surface area contributed by atoms with Crippen LogP contribution in [0.1, 0.15) is 23.1 Å². The van der Waals surface area contributed by atoms with Gasteiger partial charge in [0.1, 0.15) is 0 Å². The van der Waals surface area contributed by atoms with Gasteiger partial charge >= 0.3 is 0 Å². The number of pyridine rings is 1. The number of hydrogen-bond acceptors (Lipinski definition) is 2. The van der Waals surface area contributed by atoms with Gasteiger partial charge in [-0.2, -0.15) is 0 Å². The highest BCUT2D eigenvalue weighted by atomic mass is 16.1. The second-order valence-corrected chi connectivity index (χ2v) is 4.40. The van der Waals surface area contributed by atoms with E-state index in [-0.39, 0.29) is 5.91 Å². The summed E-state index contributed by atoms with van der Waals surface area (Å²) in [6.45, 7) is 2.59. The fourth-order valence-corrected chi connectivity index (χ4v) is 1.79. The van der Waals surface area contributed by atoms with E-state index >= 15 is 0 Å². The molecule has 0 spiro atoms. The number of nitrogens with zero attached hydrogens (tertiary/aromatic N) is 1. The van der Waals surface area contributed by atoms with Gasteiger partial charge in [-0.25, -0.2) is 0 Å². The average Bonchev–Trinajstić information content (AvgIpc) is 2.45. The molecule has 0 aliphatic carbocycles. The molecule has 3 heteroatoms. The summed E-state index contributed by atoms with van der Waals surface area (Å²) < 4.78 is 0. The molecule has 1 radical (unpaired) electrons. The summed E-state index contributed by atoms with van der Waals surface area (Å²) in [5.74, 6) is 0.0278. The Hall–Kier alpha value is -2.16. The van der Waals surface area contributed by atoms with Crippen LogP contribution in [0.15, 0.2) is 48.8 Å². The van der Waals surface area contributed by atoms with Gasteiger partial charge in [0.15, 0.2) is 0 Å². The second-order valence-electron chi connectivity index (χ2n) is 4.40. The monoisotopic (exact) mass is 253 g/mol. The minimum Gasteiger partial charge on any atom is -0.352 e. The molecule has 1 heterocycles. The van der Waals surface area contributed by atoms with Crippen LogP contribution in [-0.4, -0.2) is 10.9 Å². The first-order valence-corrected chi connectivity index (χ1v) is 6.30. The lowest BCUT2D eigenvalue weighted by molar-refractivity contribution is -0.120. The predicted molar refractivity (Wildman–Crippen MR) is 75.3 cm³/mol. The largest absolute Gasteiger partial charge is 0.352 e. The van der Waals surface area contributed by atoms with Gasteiger partial charge in [-0.1, -0.05) is 24.3 Å². The van der Waals surface area contributed by atoms with Crippen molar-refractivity contribution >= 4 is 5.91 Å². The third kappa shape index (κ3) is 4.21. The summed E-state index contributed by atoms with van der Waals surface area (Å²) in [6.07, 6.45) is 5.80. The van der Waals surface area contributed by atoms with Crippen LogP contribution < -0.4 is 5.32 Å². The number of rotatable bonds is 5. The molecule has 0 saturated carbocycles. The summed E-state index contributed by atoms with van der Waals surface area (Å²) in [5.41, 5.74) is 3.35. The van der Waals surface area contributed by atoms with E-state index in [9.17, 15) is 4.79 Å². The van der Waals surface area contributed by atoms with Crippen molar-refractivity contribution in [2.45, 2.75) is 19.9 Å². The van der Waals surface area contributed by atoms with Crippen LogP contribution in [0.3, 0.4) is 0 Å². The molecular formula is C16H17N2O. The molecule has 0 bridgehead atoms. The zero-order valence-corrected chi connectivity index (χ0v) is 11.0. The Morgan fingerprint density at radius 3 is 2.68 bits per heavy atom. The molecule has 19 heavy (non-hydrogen) atoms. The van der Waals surface area contributed by atoms with Gasteiger partial charge in [0, 0.05) is 31.8 Å². The number of hydrogen-bond donors (Lipinski definition) is 1. The maximum Gasteiger partial charge on any atom is 0.220 e. The molecule has 0 saturated heterocycles. The fraction of sp³-hybridized carbons (Fsp3) is 0.188. The Kier molecular flexibility index (Phi) is 4.67. The third-order valence-electron chi connectivity index (χ3n) is 2.93. The van der Waals surface area contributed by atoms with E-state index in [0.29, 0.717) is 13.0 Å². The van der Waals surface area contributed by atoms with E-state index < -0.39 is 0 Å². The smallest absolute Gasteiger partial charge is 0.220 e. The second kappa shape index (κ2) is 6.69. The summed E-state index contributed by atoms with van der Waals surface area (Å²) in [4.78, 5) is 15.7. The zero-order chi connectivity index (χ0) is 13.5. The molecule has 0 aliphatic rings. The van der Waals surface area contributed by atoms with Crippen LogP contribution in [0.5, 0.6) is 0 Å². The van der Waals surface area contributed by atoms with Gasteiger partial charge in [-0.3, -0.25) is 9.78 Å². The van der Waals surface area contributed by atoms with Crippen molar-refractivity contribution in [2.24, 2.45) is 0 Å². The Morgan fingerprint density at radius 2 is 1.95 bits per heavy atom. The summed E-state index contributed by atoms with van der Waals surface area (Å²) in [5, 5.41) is 2.89. The van der Waals surface area contributed by atoms with Crippen LogP contribution in [-0.2, 0) is 11.3 Å². The SMILES string of the molecule is Cc1ccccc1[CH]CC(=O)NCc1ccncc1. The average molecular weight is 253 g/mol. The van der Waals surface area contributed by atoms with Crippen LogP contribution in [0.25, 0.3) is 0 Å². The lowest BCUT2D eigenvalue weighted by Gasteiger charge is -2.06. The molecule has 0 aliphatic heterocycles. The molecule has 97 valence electrons. The van der Waals surface area contributed by atoms with Crippen molar-refractivity contribution in [1.29, 1.82) is 0 Å². The van der Waals surface area contributed by atoms with Gasteiger partial charge in [0.2, 0.25) is 5.91 Å². The highest BCUT2D eigenvalue weighted by Crippen LogP contribution is 2.11. The maximum atomic E-state index is 11.7. The number of nitrogens with one attached hydrogen (secondary N) is 1. The fourth-order valence-electron chi connectivity index (χ4n) is 1.79. The van der Waals surface area contributed by atoms with E-state index in [4.69, 9.17) is 0 Å². The van der Waals surface area contributed by atoms with Crippen molar-refractivity contribution in [3.05, 3.63) is 71.9 Å². The topological polar surface area (TPSA) is 42.0 Å². The van der Waals surface area contributed by atoms with Gasteiger partial charge in [0.05, 0.1) is 0 Å².